The summed E-state index contributed by atoms with van der Waals surface area (Å²) >= 11 is 13.3. The van der Waals surface area contributed by atoms with Gasteiger partial charge in [0.15, 0.2) is 5.13 Å². The molecule has 0 aliphatic heterocycles. The normalized spacial score (nSPS) is 11.3. The lowest BCUT2D eigenvalue weighted by molar-refractivity contribution is 0.252. The lowest BCUT2D eigenvalue weighted by Crippen LogP contribution is -2.30. The molecule has 124 valence electrons. The van der Waals surface area contributed by atoms with Crippen LogP contribution in [0.15, 0.2) is 23.6 Å². The monoisotopic (exact) mass is 371 g/mol. The summed E-state index contributed by atoms with van der Waals surface area (Å²) in [4.78, 5) is 16.3. The fraction of sp³-hybridized carbons (Fsp3) is 0.375. The molecule has 1 heterocycles. The van der Waals surface area contributed by atoms with Crippen molar-refractivity contribution in [3.63, 3.8) is 0 Å². The molecule has 0 aliphatic carbocycles. The van der Waals surface area contributed by atoms with E-state index in [0.29, 0.717) is 28.1 Å². The summed E-state index contributed by atoms with van der Waals surface area (Å²) in [5.41, 5.74) is 1.96. The molecule has 0 unspecified atom stereocenters. The Labute approximate surface area is 150 Å². The Morgan fingerprint density at radius 2 is 2.00 bits per heavy atom. The topological polar surface area (TPSA) is 54.0 Å². The zero-order valence-corrected chi connectivity index (χ0v) is 15.6. The first-order chi connectivity index (χ1) is 10.8. The lowest BCUT2D eigenvalue weighted by atomic mass is 9.93. The van der Waals surface area contributed by atoms with Crippen molar-refractivity contribution in [1.29, 1.82) is 0 Å². The molecule has 0 aliphatic rings. The molecule has 2 N–H and O–H groups in total. The van der Waals surface area contributed by atoms with Crippen molar-refractivity contribution in [1.82, 2.24) is 10.3 Å². The maximum atomic E-state index is 11.9. The Kier molecular flexibility index (Phi) is 5.89. The van der Waals surface area contributed by atoms with E-state index in [9.17, 15) is 4.79 Å². The number of hydrogen-bond donors (Lipinski definition) is 2. The second-order valence-electron chi connectivity index (χ2n) is 6.17. The third-order valence-corrected chi connectivity index (χ3v) is 4.67. The highest BCUT2D eigenvalue weighted by Gasteiger charge is 2.18. The number of urea groups is 1. The van der Waals surface area contributed by atoms with E-state index in [0.717, 1.165) is 11.3 Å². The molecule has 0 fully saturated rings. The Bertz CT molecular complexity index is 695. The molecule has 2 rings (SSSR count). The minimum absolute atomic E-state index is 0.0270. The third-order valence-electron chi connectivity index (χ3n) is 3.18. The van der Waals surface area contributed by atoms with E-state index in [-0.39, 0.29) is 11.4 Å². The van der Waals surface area contributed by atoms with Crippen LogP contribution in [-0.4, -0.2) is 17.6 Å². The molecular formula is C16H19Cl2N3OS. The van der Waals surface area contributed by atoms with Crippen LogP contribution in [0.2, 0.25) is 10.0 Å². The summed E-state index contributed by atoms with van der Waals surface area (Å²) in [6.45, 7) is 6.76. The van der Waals surface area contributed by atoms with E-state index in [1.54, 1.807) is 12.1 Å². The third kappa shape index (κ3) is 5.37. The van der Waals surface area contributed by atoms with Gasteiger partial charge in [0.1, 0.15) is 0 Å². The van der Waals surface area contributed by atoms with Crippen LogP contribution in [0.4, 0.5) is 9.93 Å². The molecule has 4 nitrogen and oxygen atoms in total. The summed E-state index contributed by atoms with van der Waals surface area (Å²) in [5, 5.41) is 9.16. The van der Waals surface area contributed by atoms with Gasteiger partial charge < -0.3 is 5.32 Å². The molecule has 0 saturated carbocycles. The van der Waals surface area contributed by atoms with Crippen LogP contribution >= 0.6 is 34.5 Å². The number of anilines is 1. The molecule has 23 heavy (non-hydrogen) atoms. The maximum Gasteiger partial charge on any atom is 0.321 e. The predicted molar refractivity (Wildman–Crippen MR) is 98.0 cm³/mol. The quantitative estimate of drug-likeness (QED) is 0.783. The van der Waals surface area contributed by atoms with Crippen molar-refractivity contribution in [2.75, 3.05) is 11.9 Å². The highest BCUT2D eigenvalue weighted by Crippen LogP contribution is 2.26. The second kappa shape index (κ2) is 7.51. The molecule has 0 spiro atoms. The van der Waals surface area contributed by atoms with Crippen molar-refractivity contribution >= 4 is 45.7 Å². The van der Waals surface area contributed by atoms with Gasteiger partial charge in [0.2, 0.25) is 0 Å². The van der Waals surface area contributed by atoms with Crippen LogP contribution in [0.3, 0.4) is 0 Å². The first-order valence-corrected chi connectivity index (χ1v) is 8.84. The number of benzene rings is 1. The Hall–Kier alpha value is -1.30. The largest absolute Gasteiger partial charge is 0.337 e. The number of rotatable bonds is 4. The molecule has 2 aromatic rings. The number of aromatic nitrogens is 1. The molecule has 0 bridgehead atoms. The fourth-order valence-corrected chi connectivity index (χ4v) is 3.09. The fourth-order valence-electron chi connectivity index (χ4n) is 1.83. The van der Waals surface area contributed by atoms with Gasteiger partial charge in [-0.25, -0.2) is 9.78 Å². The maximum absolute atomic E-state index is 11.9. The average molecular weight is 372 g/mol. The van der Waals surface area contributed by atoms with Crippen LogP contribution in [0.5, 0.6) is 0 Å². The summed E-state index contributed by atoms with van der Waals surface area (Å²) in [6, 6.07) is 5.19. The van der Waals surface area contributed by atoms with Gasteiger partial charge in [-0.3, -0.25) is 5.32 Å². The number of nitrogens with zero attached hydrogens (tertiary/aromatic N) is 1. The predicted octanol–water partition coefficient (Wildman–Crippen LogP) is 5.11. The van der Waals surface area contributed by atoms with Gasteiger partial charge >= 0.3 is 6.03 Å². The van der Waals surface area contributed by atoms with Gasteiger partial charge in [-0.05, 0) is 24.1 Å². The van der Waals surface area contributed by atoms with Gasteiger partial charge in [-0.2, -0.15) is 0 Å². The first kappa shape index (κ1) is 18.0. The minimum Gasteiger partial charge on any atom is -0.337 e. The number of halogens is 2. The van der Waals surface area contributed by atoms with E-state index in [4.69, 9.17) is 23.2 Å². The zero-order valence-electron chi connectivity index (χ0n) is 13.2. The highest BCUT2D eigenvalue weighted by atomic mass is 35.5. The summed E-state index contributed by atoms with van der Waals surface area (Å²) in [6.07, 6.45) is 0.676. The average Bonchev–Trinajstić information content (AvgIpc) is 2.91. The molecule has 1 aromatic heterocycles. The van der Waals surface area contributed by atoms with Crippen molar-refractivity contribution < 1.29 is 4.79 Å². The number of thiazole rings is 1. The van der Waals surface area contributed by atoms with Crippen LogP contribution < -0.4 is 10.6 Å². The van der Waals surface area contributed by atoms with Crippen molar-refractivity contribution in [3.05, 3.63) is 44.9 Å². The van der Waals surface area contributed by atoms with Crippen molar-refractivity contribution in [2.24, 2.45) is 0 Å². The van der Waals surface area contributed by atoms with Crippen LogP contribution in [0.25, 0.3) is 0 Å². The van der Waals surface area contributed by atoms with Crippen LogP contribution in [0, 0.1) is 0 Å². The van der Waals surface area contributed by atoms with Gasteiger partial charge in [-0.1, -0.05) is 50.0 Å². The van der Waals surface area contributed by atoms with Crippen LogP contribution in [-0.2, 0) is 11.8 Å². The van der Waals surface area contributed by atoms with Gasteiger partial charge in [0, 0.05) is 17.3 Å². The first-order valence-electron chi connectivity index (χ1n) is 7.20. The van der Waals surface area contributed by atoms with E-state index in [2.05, 4.69) is 36.4 Å². The number of carbonyl (C=O) groups is 1. The van der Waals surface area contributed by atoms with E-state index < -0.39 is 0 Å². The molecule has 0 radical (unpaired) electrons. The van der Waals surface area contributed by atoms with E-state index >= 15 is 0 Å². The Morgan fingerprint density at radius 1 is 1.26 bits per heavy atom. The van der Waals surface area contributed by atoms with Crippen molar-refractivity contribution in [2.45, 2.75) is 32.6 Å². The van der Waals surface area contributed by atoms with Gasteiger partial charge in [0.25, 0.3) is 0 Å². The zero-order chi connectivity index (χ0) is 17.0. The van der Waals surface area contributed by atoms with E-state index in [1.165, 1.54) is 11.3 Å². The molecule has 2 amide bonds. The second-order valence-corrected chi connectivity index (χ2v) is 7.84. The van der Waals surface area contributed by atoms with Gasteiger partial charge in [-0.15, -0.1) is 11.3 Å². The number of hydrogen-bond acceptors (Lipinski definition) is 3. The SMILES string of the molecule is CC(C)(C)c1csc(NC(=O)NCCc2ccc(Cl)c(Cl)c2)n1. The number of nitrogens with one attached hydrogen (secondary N) is 2. The summed E-state index contributed by atoms with van der Waals surface area (Å²) < 4.78 is 0. The lowest BCUT2D eigenvalue weighted by Gasteiger charge is -2.14. The molecule has 7 heteroatoms. The summed E-state index contributed by atoms with van der Waals surface area (Å²) in [7, 11) is 0. The molecule has 0 atom stereocenters. The molecular weight excluding hydrogens is 353 g/mol. The Morgan fingerprint density at radius 3 is 2.61 bits per heavy atom. The number of carbonyl (C=O) groups excluding carboxylic acids is 1. The standard InChI is InChI=1S/C16H19Cl2N3OS/c1-16(2,3)13-9-23-15(20-13)21-14(22)19-7-6-10-4-5-11(17)12(18)8-10/h4-5,8-9H,6-7H2,1-3H3,(H2,19,20,21,22). The number of amides is 2. The molecule has 1 aromatic carbocycles. The van der Waals surface area contributed by atoms with Crippen LogP contribution in [0.1, 0.15) is 32.0 Å². The summed E-state index contributed by atoms with van der Waals surface area (Å²) in [5.74, 6) is 0. The van der Waals surface area contributed by atoms with E-state index in [1.807, 2.05) is 11.4 Å². The molecule has 0 saturated heterocycles. The smallest absolute Gasteiger partial charge is 0.321 e. The highest BCUT2D eigenvalue weighted by molar-refractivity contribution is 7.13. The van der Waals surface area contributed by atoms with Crippen molar-refractivity contribution in [3.8, 4) is 0 Å². The van der Waals surface area contributed by atoms with Gasteiger partial charge in [0.05, 0.1) is 15.7 Å². The minimum atomic E-state index is -0.264. The Balaban J connectivity index is 1.81.